The summed E-state index contributed by atoms with van der Waals surface area (Å²) in [5.41, 5.74) is -4.08. The van der Waals surface area contributed by atoms with Crippen LogP contribution < -0.4 is 10.6 Å². The molecule has 2 aromatic carbocycles. The Hall–Kier alpha value is -0.591. The van der Waals surface area contributed by atoms with Crippen molar-refractivity contribution in [1.29, 1.82) is 0 Å². The summed E-state index contributed by atoms with van der Waals surface area (Å²) in [5.74, 6) is 0. The SMILES string of the molecule is CC(P(C1CCCCC1)C1CCCCC1)[C]12[C]3(Pc4cc(C(F)(F)F)cc(C(F)(F)F)c4)[CH]4[CH]5[C@]1(Pc1cc(C(F)(F)F)cc(C(F)(F)F)c1)[Fe]45321678[CH]2[CH]1[CH]6[CH]7[CH]28. The van der Waals surface area contributed by atoms with Crippen LogP contribution in [0.25, 0.3) is 0 Å². The molecule has 10 saturated heterocycles. The van der Waals surface area contributed by atoms with Gasteiger partial charge in [-0.2, -0.15) is 0 Å². The van der Waals surface area contributed by atoms with E-state index in [1.54, 1.807) is 0 Å². The minimum atomic E-state index is -5.27. The topological polar surface area (TPSA) is 0 Å². The molecule has 0 aromatic heterocycles. The van der Waals surface area contributed by atoms with E-state index in [4.69, 9.17) is 0 Å². The molecule has 2 aromatic rings. The Balaban J connectivity index is 0.998. The van der Waals surface area contributed by atoms with Crippen LogP contribution in [0, 0.1) is 0 Å². The van der Waals surface area contributed by atoms with Gasteiger partial charge in [0.05, 0.1) is 0 Å². The second-order valence-electron chi connectivity index (χ2n) is 21.4. The average molecular weight is 899 g/mol. The van der Waals surface area contributed by atoms with E-state index >= 15 is 0 Å². The molecule has 7 unspecified atom stereocenters. The Morgan fingerprint density at radius 2 is 0.821 bits per heavy atom. The Kier molecular flexibility index (Phi) is 4.02. The van der Waals surface area contributed by atoms with Crippen molar-refractivity contribution < 1.29 is 59.2 Å². The van der Waals surface area contributed by atoms with E-state index < -0.39 is 61.4 Å². The van der Waals surface area contributed by atoms with Crippen molar-refractivity contribution in [1.82, 2.24) is 0 Å². The van der Waals surface area contributed by atoms with Gasteiger partial charge in [0.2, 0.25) is 0 Å². The summed E-state index contributed by atoms with van der Waals surface area (Å²) in [6.45, 7) is -2.88. The van der Waals surface area contributed by atoms with Gasteiger partial charge in [0.15, 0.2) is 0 Å². The zero-order valence-corrected chi connectivity index (χ0v) is 34.1. The van der Waals surface area contributed by atoms with Crippen molar-refractivity contribution in [2.75, 3.05) is 0 Å². The molecule has 2 saturated carbocycles. The second kappa shape index (κ2) is 6.43. The molecular formula is C40H41F12FeP3. The van der Waals surface area contributed by atoms with Crippen LogP contribution in [0.2, 0.25) is 38.0 Å². The molecular weight excluding hydrogens is 857 g/mol. The van der Waals surface area contributed by atoms with Crippen LogP contribution in [-0.2, 0) is 31.2 Å². The molecule has 56 heavy (non-hydrogen) atoms. The first-order valence-corrected chi connectivity index (χ1v) is 29.7. The van der Waals surface area contributed by atoms with Crippen molar-refractivity contribution in [3.63, 3.8) is 0 Å². The summed E-state index contributed by atoms with van der Waals surface area (Å²) in [6.07, 6.45) is -8.79. The predicted molar refractivity (Wildman–Crippen MR) is 193 cm³/mol. The molecule has 8 atom stereocenters. The number of hydrogen-bond donors (Lipinski definition) is 0. The summed E-state index contributed by atoms with van der Waals surface area (Å²) in [4.78, 5) is 2.75. The minimum absolute atomic E-state index is 0.100. The van der Waals surface area contributed by atoms with Gasteiger partial charge < -0.3 is 0 Å². The van der Waals surface area contributed by atoms with Crippen LogP contribution in [0.1, 0.15) is 93.4 Å². The molecule has 0 nitrogen and oxygen atoms in total. The number of fused-ring (bicyclic) bond motifs is 10. The molecule has 1 spiro atoms. The molecule has 0 N–H and O–H groups in total. The van der Waals surface area contributed by atoms with Crippen molar-refractivity contribution in [3.05, 3.63) is 58.7 Å². The van der Waals surface area contributed by atoms with E-state index in [2.05, 4.69) is 6.92 Å². The van der Waals surface area contributed by atoms with Gasteiger partial charge in [-0.05, 0) is 0 Å². The van der Waals surface area contributed by atoms with Gasteiger partial charge in [-0.3, -0.25) is 0 Å². The molecule has 14 rings (SSSR count). The molecule has 10 aliphatic heterocycles. The van der Waals surface area contributed by atoms with E-state index in [1.165, 1.54) is 0 Å². The molecule has 0 amide bonds. The van der Waals surface area contributed by atoms with Crippen LogP contribution in [0.3, 0.4) is 0 Å². The molecule has 0 radical (unpaired) electrons. The van der Waals surface area contributed by atoms with Gasteiger partial charge in [-0.1, -0.05) is 0 Å². The third-order valence-electron chi connectivity index (χ3n) is 24.0. The fraction of sp³-hybridized carbons (Fsp3) is 0.700. The number of benzene rings is 2. The number of alkyl halides is 12. The normalized spacial score (nSPS) is 53.5. The fourth-order valence-electron chi connectivity index (χ4n) is 25.4. The second-order valence-corrected chi connectivity index (χ2v) is 51.7. The summed E-state index contributed by atoms with van der Waals surface area (Å²) in [6, 6.07) is 4.18. The predicted octanol–water partition coefficient (Wildman–Crippen LogP) is 14.2. The van der Waals surface area contributed by atoms with E-state index in [1.807, 2.05) is 0 Å². The Labute approximate surface area is 311 Å². The van der Waals surface area contributed by atoms with E-state index in [9.17, 15) is 52.7 Å². The number of rotatable bonds is 8. The molecule has 2 aliphatic carbocycles. The first-order valence-electron chi connectivity index (χ1n) is 20.0. The van der Waals surface area contributed by atoms with Crippen LogP contribution >= 0.6 is 25.1 Å². The Bertz CT molecular complexity index is 2350. The average Bonchev–Trinajstić information content (AvgIpc) is 4.08. The Morgan fingerprint density at radius 1 is 0.518 bits per heavy atom. The van der Waals surface area contributed by atoms with Crippen molar-refractivity contribution in [2.24, 2.45) is 0 Å². The summed E-state index contributed by atoms with van der Waals surface area (Å²) >= 11 is 0. The first-order chi connectivity index (χ1) is 25.9. The summed E-state index contributed by atoms with van der Waals surface area (Å²) < 4.78 is 171. The van der Waals surface area contributed by atoms with E-state index in [0.717, 1.165) is 88.5 Å². The van der Waals surface area contributed by atoms with Gasteiger partial charge in [-0.25, -0.2) is 0 Å². The number of hydrogen-bond acceptors (Lipinski definition) is 0. The van der Waals surface area contributed by atoms with Gasteiger partial charge in [0, 0.05) is 0 Å². The summed E-state index contributed by atoms with van der Waals surface area (Å²) in [5, 5.41) is 0.201. The standard InChI is InChI=1S/C35H36F12P3.C5H5.Fe/c1-20(50(27-8-4-2-5-9-27)28-10-6-3-7-11-28)31-29(48-25-16-21(32(36,37)38)14-22(17-25)33(39,40)41)12-13-30(31)49-26-18-23(34(42,43)44)15-24(19-26)35(45,46)47;1-2-4-5-3-1;/h12-20,27-28,48-49H,2-11H2,1H3;1-5H;. The zero-order valence-electron chi connectivity index (χ0n) is 30.1. The first kappa shape index (κ1) is 35.1. The van der Waals surface area contributed by atoms with Crippen molar-refractivity contribution >= 4 is 35.7 Å². The molecule has 10 heterocycles. The van der Waals surface area contributed by atoms with Gasteiger partial charge in [0.25, 0.3) is 0 Å². The Morgan fingerprint density at radius 3 is 1.09 bits per heavy atom. The third kappa shape index (κ3) is 1.33. The van der Waals surface area contributed by atoms with E-state index in [0.29, 0.717) is 35.4 Å². The monoisotopic (exact) mass is 898 g/mol. The van der Waals surface area contributed by atoms with Crippen LogP contribution in [0.15, 0.2) is 36.4 Å². The van der Waals surface area contributed by atoms with Gasteiger partial charge in [-0.15, -0.1) is 0 Å². The molecule has 12 fully saturated rings. The molecule has 0 bridgehead atoms. The molecule has 16 heteroatoms. The van der Waals surface area contributed by atoms with Crippen LogP contribution in [0.4, 0.5) is 52.7 Å². The van der Waals surface area contributed by atoms with E-state index in [-0.39, 0.29) is 67.6 Å². The van der Waals surface area contributed by atoms with Crippen LogP contribution in [-0.4, -0.2) is 25.1 Å². The zero-order chi connectivity index (χ0) is 39.4. The van der Waals surface area contributed by atoms with Gasteiger partial charge in [0.1, 0.15) is 0 Å². The molecule has 12 aliphatic rings. The van der Waals surface area contributed by atoms with Gasteiger partial charge >= 0.3 is 312 Å². The summed E-state index contributed by atoms with van der Waals surface area (Å²) in [7, 11) is -1.10. The molecule has 308 valence electrons. The maximum absolute atomic E-state index is 14.3. The third-order valence-corrected chi connectivity index (χ3v) is 83.8. The maximum atomic E-state index is 14.3. The van der Waals surface area contributed by atoms with Crippen molar-refractivity contribution in [3.8, 4) is 0 Å². The fourth-order valence-corrected chi connectivity index (χ4v) is 135. The number of halogens is 12. The van der Waals surface area contributed by atoms with Crippen LogP contribution in [0.5, 0.6) is 0 Å². The van der Waals surface area contributed by atoms with Crippen molar-refractivity contribution in [2.45, 2.75) is 159 Å². The quantitative estimate of drug-likeness (QED) is 0.141.